The number of aromatic nitrogens is 2. The lowest BCUT2D eigenvalue weighted by Gasteiger charge is -2.31. The standard InChI is InChI=1S/C19H22N4O/c20-17(24)9-8-13-4-1-5-14(12-13)18-15-6-2-7-16(15)21-19(22-18)23-10-3-11-23/h1,4-5,12H,2-3,6-11H2,(H2,20,24). The van der Waals surface area contributed by atoms with Gasteiger partial charge in [-0.2, -0.15) is 0 Å². The van der Waals surface area contributed by atoms with Gasteiger partial charge in [-0.05, 0) is 43.7 Å². The summed E-state index contributed by atoms with van der Waals surface area (Å²) in [6.07, 6.45) is 5.53. The largest absolute Gasteiger partial charge is 0.370 e. The molecular formula is C19H22N4O. The van der Waals surface area contributed by atoms with Gasteiger partial charge in [0.25, 0.3) is 0 Å². The van der Waals surface area contributed by atoms with Crippen molar-refractivity contribution in [1.82, 2.24) is 9.97 Å². The summed E-state index contributed by atoms with van der Waals surface area (Å²) >= 11 is 0. The van der Waals surface area contributed by atoms with Gasteiger partial charge in [-0.1, -0.05) is 18.2 Å². The highest BCUT2D eigenvalue weighted by atomic mass is 16.1. The number of hydrogen-bond acceptors (Lipinski definition) is 4. The van der Waals surface area contributed by atoms with Crippen LogP contribution in [-0.2, 0) is 24.1 Å². The molecule has 1 saturated heterocycles. The molecule has 0 atom stereocenters. The van der Waals surface area contributed by atoms with Crippen molar-refractivity contribution in [1.29, 1.82) is 0 Å². The number of benzene rings is 1. The van der Waals surface area contributed by atoms with E-state index >= 15 is 0 Å². The molecule has 1 aliphatic carbocycles. The van der Waals surface area contributed by atoms with Crippen molar-refractivity contribution in [2.45, 2.75) is 38.5 Å². The summed E-state index contributed by atoms with van der Waals surface area (Å²) in [6, 6.07) is 8.33. The van der Waals surface area contributed by atoms with E-state index in [1.165, 1.54) is 17.7 Å². The maximum atomic E-state index is 11.0. The second-order valence-corrected chi connectivity index (χ2v) is 6.66. The molecule has 1 amide bonds. The third-order valence-electron chi connectivity index (χ3n) is 4.92. The zero-order valence-corrected chi connectivity index (χ0v) is 13.8. The first-order valence-electron chi connectivity index (χ1n) is 8.73. The van der Waals surface area contributed by atoms with Crippen LogP contribution in [0.15, 0.2) is 24.3 Å². The van der Waals surface area contributed by atoms with Gasteiger partial charge in [0, 0.05) is 36.3 Å². The zero-order chi connectivity index (χ0) is 16.5. The Morgan fingerprint density at radius 3 is 2.79 bits per heavy atom. The second-order valence-electron chi connectivity index (χ2n) is 6.66. The number of nitrogens with two attached hydrogens (primary N) is 1. The molecule has 24 heavy (non-hydrogen) atoms. The average Bonchev–Trinajstić information content (AvgIpc) is 2.99. The number of fused-ring (bicyclic) bond motifs is 1. The van der Waals surface area contributed by atoms with Gasteiger partial charge in [0.05, 0.1) is 5.69 Å². The van der Waals surface area contributed by atoms with Crippen molar-refractivity contribution in [3.05, 3.63) is 41.1 Å². The lowest BCUT2D eigenvalue weighted by atomic mass is 10.0. The summed E-state index contributed by atoms with van der Waals surface area (Å²) in [5.74, 6) is 0.614. The molecule has 1 aliphatic heterocycles. The molecule has 0 radical (unpaired) electrons. The number of carbonyl (C=O) groups is 1. The first kappa shape index (κ1) is 15.1. The molecule has 2 aromatic rings. The quantitative estimate of drug-likeness (QED) is 0.916. The van der Waals surface area contributed by atoms with Crippen LogP contribution in [0.2, 0.25) is 0 Å². The third-order valence-corrected chi connectivity index (χ3v) is 4.92. The van der Waals surface area contributed by atoms with E-state index in [1.54, 1.807) is 0 Å². The minimum Gasteiger partial charge on any atom is -0.370 e. The summed E-state index contributed by atoms with van der Waals surface area (Å²) in [6.45, 7) is 2.10. The van der Waals surface area contributed by atoms with Crippen molar-refractivity contribution < 1.29 is 4.79 Å². The molecule has 0 saturated carbocycles. The lowest BCUT2D eigenvalue weighted by Crippen LogP contribution is -2.38. The molecule has 0 spiro atoms. The number of nitrogens with zero attached hydrogens (tertiary/aromatic N) is 3. The minimum atomic E-state index is -0.261. The van der Waals surface area contributed by atoms with Gasteiger partial charge in [0.1, 0.15) is 0 Å². The van der Waals surface area contributed by atoms with Gasteiger partial charge in [-0.3, -0.25) is 4.79 Å². The van der Waals surface area contributed by atoms with Crippen molar-refractivity contribution in [2.75, 3.05) is 18.0 Å². The Morgan fingerprint density at radius 1 is 1.17 bits per heavy atom. The number of primary amides is 1. The van der Waals surface area contributed by atoms with Gasteiger partial charge >= 0.3 is 0 Å². The van der Waals surface area contributed by atoms with Crippen molar-refractivity contribution in [3.8, 4) is 11.3 Å². The molecule has 1 fully saturated rings. The average molecular weight is 322 g/mol. The fourth-order valence-corrected chi connectivity index (χ4v) is 3.46. The fraction of sp³-hybridized carbons (Fsp3) is 0.421. The molecule has 5 heteroatoms. The SMILES string of the molecule is NC(=O)CCc1cccc(-c2nc(N3CCC3)nc3c2CCC3)c1. The van der Waals surface area contributed by atoms with Crippen LogP contribution in [0.3, 0.4) is 0 Å². The minimum absolute atomic E-state index is 0.261. The molecule has 2 aliphatic rings. The Morgan fingerprint density at radius 2 is 2.04 bits per heavy atom. The normalized spacial score (nSPS) is 15.9. The van der Waals surface area contributed by atoms with Gasteiger partial charge in [-0.15, -0.1) is 0 Å². The molecule has 0 unspecified atom stereocenters. The van der Waals surface area contributed by atoms with Gasteiger partial charge in [-0.25, -0.2) is 9.97 Å². The van der Waals surface area contributed by atoms with E-state index in [0.717, 1.165) is 55.1 Å². The fourth-order valence-electron chi connectivity index (χ4n) is 3.46. The van der Waals surface area contributed by atoms with Crippen molar-refractivity contribution in [3.63, 3.8) is 0 Å². The lowest BCUT2D eigenvalue weighted by molar-refractivity contribution is -0.117. The summed E-state index contributed by atoms with van der Waals surface area (Å²) < 4.78 is 0. The molecular weight excluding hydrogens is 300 g/mol. The van der Waals surface area contributed by atoms with Crippen LogP contribution in [0, 0.1) is 0 Å². The smallest absolute Gasteiger partial charge is 0.226 e. The molecule has 124 valence electrons. The summed E-state index contributed by atoms with van der Waals surface area (Å²) in [4.78, 5) is 23.0. The second kappa shape index (κ2) is 6.23. The number of anilines is 1. The van der Waals surface area contributed by atoms with Crippen molar-refractivity contribution in [2.24, 2.45) is 5.73 Å². The number of carbonyl (C=O) groups excluding carboxylic acids is 1. The third kappa shape index (κ3) is 2.86. The van der Waals surface area contributed by atoms with E-state index in [4.69, 9.17) is 15.7 Å². The van der Waals surface area contributed by atoms with E-state index in [1.807, 2.05) is 12.1 Å². The molecule has 0 bridgehead atoms. The first-order valence-corrected chi connectivity index (χ1v) is 8.73. The van der Waals surface area contributed by atoms with Crippen LogP contribution < -0.4 is 10.6 Å². The molecule has 1 aromatic heterocycles. The van der Waals surface area contributed by atoms with Gasteiger partial charge in [0.2, 0.25) is 11.9 Å². The molecule has 5 nitrogen and oxygen atoms in total. The van der Waals surface area contributed by atoms with Crippen LogP contribution in [-0.4, -0.2) is 29.0 Å². The van der Waals surface area contributed by atoms with Gasteiger partial charge in [0.15, 0.2) is 0 Å². The van der Waals surface area contributed by atoms with Crippen molar-refractivity contribution >= 4 is 11.9 Å². The maximum Gasteiger partial charge on any atom is 0.226 e. The Balaban J connectivity index is 1.71. The zero-order valence-electron chi connectivity index (χ0n) is 13.8. The number of aryl methyl sites for hydroxylation is 2. The highest BCUT2D eigenvalue weighted by Crippen LogP contribution is 2.33. The Labute approximate surface area is 141 Å². The molecule has 1 aromatic carbocycles. The van der Waals surface area contributed by atoms with E-state index in [-0.39, 0.29) is 5.91 Å². The van der Waals surface area contributed by atoms with E-state index in [2.05, 4.69) is 17.0 Å². The highest BCUT2D eigenvalue weighted by molar-refractivity contribution is 5.74. The van der Waals surface area contributed by atoms with Crippen LogP contribution in [0.4, 0.5) is 5.95 Å². The Hall–Kier alpha value is -2.43. The predicted molar refractivity (Wildman–Crippen MR) is 93.8 cm³/mol. The maximum absolute atomic E-state index is 11.0. The summed E-state index contributed by atoms with van der Waals surface area (Å²) in [5, 5.41) is 0. The van der Waals surface area contributed by atoms with E-state index < -0.39 is 0 Å². The monoisotopic (exact) mass is 322 g/mol. The number of rotatable bonds is 5. The van der Waals surface area contributed by atoms with Gasteiger partial charge < -0.3 is 10.6 Å². The Kier molecular flexibility index (Phi) is 3.92. The molecule has 2 heterocycles. The predicted octanol–water partition coefficient (Wildman–Crippen LogP) is 2.26. The summed E-state index contributed by atoms with van der Waals surface area (Å²) in [7, 11) is 0. The topological polar surface area (TPSA) is 72.1 Å². The van der Waals surface area contributed by atoms with Crippen LogP contribution in [0.5, 0.6) is 0 Å². The van der Waals surface area contributed by atoms with Crippen LogP contribution >= 0.6 is 0 Å². The number of hydrogen-bond donors (Lipinski definition) is 1. The molecule has 4 rings (SSSR count). The first-order chi connectivity index (χ1) is 11.7. The Bertz CT molecular complexity index is 783. The highest BCUT2D eigenvalue weighted by Gasteiger charge is 2.24. The van der Waals surface area contributed by atoms with Crippen LogP contribution in [0.25, 0.3) is 11.3 Å². The van der Waals surface area contributed by atoms with E-state index in [9.17, 15) is 4.79 Å². The van der Waals surface area contributed by atoms with Crippen LogP contribution in [0.1, 0.15) is 36.1 Å². The molecule has 2 N–H and O–H groups in total. The summed E-state index contributed by atoms with van der Waals surface area (Å²) in [5.41, 5.74) is 11.1. The van der Waals surface area contributed by atoms with E-state index in [0.29, 0.717) is 12.8 Å². The number of amides is 1.